The van der Waals surface area contributed by atoms with E-state index in [1.807, 2.05) is 57.8 Å². The molecule has 0 aromatic carbocycles. The Labute approximate surface area is 161 Å². The van der Waals surface area contributed by atoms with E-state index in [9.17, 15) is 9.59 Å². The molecule has 0 unspecified atom stereocenters. The van der Waals surface area contributed by atoms with Crippen LogP contribution in [0.25, 0.3) is 0 Å². The summed E-state index contributed by atoms with van der Waals surface area (Å²) in [6, 6.07) is -0.369. The molecule has 10 radical (unpaired) electrons. The van der Waals surface area contributed by atoms with Gasteiger partial charge in [0.15, 0.2) is 6.10 Å². The molecule has 134 valence electrons. The van der Waals surface area contributed by atoms with Gasteiger partial charge in [0.25, 0.3) is 0 Å². The summed E-state index contributed by atoms with van der Waals surface area (Å²) in [6.45, 7) is 0. The van der Waals surface area contributed by atoms with Crippen molar-refractivity contribution in [2.45, 2.75) is 12.1 Å². The van der Waals surface area contributed by atoms with Crippen LogP contribution >= 0.6 is 0 Å². The number of hydrogen-bond donors (Lipinski definition) is 0. The van der Waals surface area contributed by atoms with E-state index in [1.54, 1.807) is 7.05 Å². The minimum Gasteiger partial charge on any atom is -0.469 e. The van der Waals surface area contributed by atoms with Gasteiger partial charge in [-0.1, -0.05) is 0 Å². The standard InChI is InChI=1S/C13H16NO5.C5H5.Fe/c1-14-10(8-6-4-5-7-8)9(12(15)17-2)11(19-14)13(16)18-3;1-2-4-5-3-1;/h4-7,9-11H,1-3H3;1-5H;/q;;+2/t9-,10-,11-;;/m1../s1. The number of carbonyl (C=O) groups excluding carboxylic acids is 2. The molecule has 0 N–H and O–H groups in total. The smallest absolute Gasteiger partial charge is 0.469 e. The van der Waals surface area contributed by atoms with E-state index in [-0.39, 0.29) is 23.1 Å². The summed E-state index contributed by atoms with van der Waals surface area (Å²) in [5, 5.41) is 1.50. The van der Waals surface area contributed by atoms with E-state index in [1.165, 1.54) is 19.3 Å². The van der Waals surface area contributed by atoms with Crippen LogP contribution in [-0.2, 0) is 41.0 Å². The maximum Gasteiger partial charge on any atom is 2.00 e. The van der Waals surface area contributed by atoms with Gasteiger partial charge >= 0.3 is 29.0 Å². The van der Waals surface area contributed by atoms with E-state index in [2.05, 4.69) is 4.74 Å². The SMILES string of the molecule is COC(=O)[C@@H]1[C@@H]([C]2[CH][CH][CH][CH]2)N(C)O[C@H]1C(=O)OC.[CH]1[CH][CH][CH][CH]1.[Fe+2]. The molecule has 0 spiro atoms. The quantitative estimate of drug-likeness (QED) is 0.532. The molecule has 0 aromatic heterocycles. The third kappa shape index (κ3) is 5.68. The van der Waals surface area contributed by atoms with Gasteiger partial charge in [-0.15, -0.1) is 0 Å². The minimum atomic E-state index is -0.984. The summed E-state index contributed by atoms with van der Waals surface area (Å²) in [4.78, 5) is 29.1. The molecule has 25 heavy (non-hydrogen) atoms. The molecule has 0 bridgehead atoms. The maximum atomic E-state index is 12.0. The Bertz CT molecular complexity index is 416. The number of nitrogens with zero attached hydrogens (tertiary/aromatic N) is 1. The predicted octanol–water partition coefficient (Wildman–Crippen LogP) is 0.987. The molecule has 3 atom stereocenters. The predicted molar refractivity (Wildman–Crippen MR) is 85.9 cm³/mol. The maximum absolute atomic E-state index is 12.0. The van der Waals surface area contributed by atoms with Crippen molar-refractivity contribution in [1.29, 1.82) is 0 Å². The van der Waals surface area contributed by atoms with E-state index in [0.717, 1.165) is 5.92 Å². The molecule has 0 aromatic rings. The molecule has 3 fully saturated rings. The minimum absolute atomic E-state index is 0. The van der Waals surface area contributed by atoms with Crippen molar-refractivity contribution in [3.63, 3.8) is 0 Å². The van der Waals surface area contributed by atoms with Crippen LogP contribution in [-0.4, -0.2) is 50.4 Å². The second-order valence-corrected chi connectivity index (χ2v) is 5.27. The van der Waals surface area contributed by atoms with Gasteiger partial charge in [0.1, 0.15) is 5.92 Å². The van der Waals surface area contributed by atoms with Gasteiger partial charge in [-0.2, -0.15) is 5.06 Å². The van der Waals surface area contributed by atoms with Gasteiger partial charge in [0, 0.05) is 13.0 Å². The summed E-state index contributed by atoms with van der Waals surface area (Å²) in [5.41, 5.74) is 0. The van der Waals surface area contributed by atoms with Gasteiger partial charge in [-0.25, -0.2) is 4.79 Å². The third-order valence-electron chi connectivity index (χ3n) is 3.83. The van der Waals surface area contributed by atoms with Crippen LogP contribution in [0.5, 0.6) is 0 Å². The topological polar surface area (TPSA) is 65.1 Å². The van der Waals surface area contributed by atoms with Crippen molar-refractivity contribution in [2.75, 3.05) is 21.3 Å². The Morgan fingerprint density at radius 3 is 1.84 bits per heavy atom. The van der Waals surface area contributed by atoms with Gasteiger partial charge < -0.3 is 9.47 Å². The molecular formula is C18H21FeNO5+2. The van der Waals surface area contributed by atoms with Crippen molar-refractivity contribution in [2.24, 2.45) is 5.92 Å². The first-order chi connectivity index (χ1) is 11.6. The number of carbonyl (C=O) groups is 2. The van der Waals surface area contributed by atoms with Crippen LogP contribution in [0.4, 0.5) is 0 Å². The summed E-state index contributed by atoms with van der Waals surface area (Å²) < 4.78 is 9.46. The van der Waals surface area contributed by atoms with Crippen molar-refractivity contribution in [3.8, 4) is 0 Å². The number of hydroxylamine groups is 2. The van der Waals surface area contributed by atoms with Gasteiger partial charge in [-0.05, 0) is 57.8 Å². The fraction of sp³-hybridized carbons (Fsp3) is 0.333. The first-order valence-corrected chi connectivity index (χ1v) is 7.53. The second kappa shape index (κ2) is 11.2. The van der Waals surface area contributed by atoms with Crippen molar-refractivity contribution >= 4 is 11.9 Å². The zero-order valence-corrected chi connectivity index (χ0v) is 15.4. The van der Waals surface area contributed by atoms with E-state index >= 15 is 0 Å². The largest absolute Gasteiger partial charge is 2.00 e. The summed E-state index contributed by atoms with van der Waals surface area (Å²) >= 11 is 0. The van der Waals surface area contributed by atoms with Gasteiger partial charge in [-0.3, -0.25) is 9.63 Å². The molecule has 7 heteroatoms. The third-order valence-corrected chi connectivity index (χ3v) is 3.83. The van der Waals surface area contributed by atoms with Gasteiger partial charge in [0.05, 0.1) is 20.3 Å². The fourth-order valence-electron chi connectivity index (χ4n) is 2.72. The number of ether oxygens (including phenoxy) is 2. The number of rotatable bonds is 3. The molecule has 1 heterocycles. The molecule has 3 rings (SSSR count). The fourth-order valence-corrected chi connectivity index (χ4v) is 2.72. The Balaban J connectivity index is 0.000000448. The van der Waals surface area contributed by atoms with E-state index in [4.69, 9.17) is 9.57 Å². The Morgan fingerprint density at radius 2 is 1.40 bits per heavy atom. The zero-order valence-electron chi connectivity index (χ0n) is 14.3. The molecule has 3 aliphatic rings. The van der Waals surface area contributed by atoms with Crippen molar-refractivity contribution < 1.29 is 41.0 Å². The van der Waals surface area contributed by atoms with Crippen LogP contribution in [0.3, 0.4) is 0 Å². The number of hydrogen-bond acceptors (Lipinski definition) is 6. The summed E-state index contributed by atoms with van der Waals surface area (Å²) in [7, 11) is 4.23. The zero-order chi connectivity index (χ0) is 17.5. The average molecular weight is 387 g/mol. The Hall–Kier alpha value is -0.621. The molecule has 1 aliphatic heterocycles. The second-order valence-electron chi connectivity index (χ2n) is 5.27. The van der Waals surface area contributed by atoms with Crippen LogP contribution in [0.2, 0.25) is 0 Å². The Kier molecular flexibility index (Phi) is 10.0. The number of esters is 2. The van der Waals surface area contributed by atoms with Crippen LogP contribution in [0, 0.1) is 69.6 Å². The molecule has 1 saturated heterocycles. The molecular weight excluding hydrogens is 366 g/mol. The first-order valence-electron chi connectivity index (χ1n) is 7.53. The van der Waals surface area contributed by atoms with Crippen LogP contribution < -0.4 is 0 Å². The molecule has 0 amide bonds. The van der Waals surface area contributed by atoms with Gasteiger partial charge in [0.2, 0.25) is 0 Å². The van der Waals surface area contributed by atoms with Crippen LogP contribution in [0.15, 0.2) is 0 Å². The molecule has 2 saturated carbocycles. The first kappa shape index (κ1) is 22.4. The van der Waals surface area contributed by atoms with Crippen LogP contribution in [0.1, 0.15) is 0 Å². The summed E-state index contributed by atoms with van der Waals surface area (Å²) in [6.07, 6.45) is 16.5. The number of methoxy groups -OCH3 is 2. The summed E-state index contributed by atoms with van der Waals surface area (Å²) in [5.74, 6) is -0.934. The Morgan fingerprint density at radius 1 is 0.920 bits per heavy atom. The normalized spacial score (nSPS) is 29.5. The average Bonchev–Trinajstić information content (AvgIpc) is 3.34. The van der Waals surface area contributed by atoms with Crippen molar-refractivity contribution in [3.05, 3.63) is 63.7 Å². The monoisotopic (exact) mass is 387 g/mol. The molecule has 2 aliphatic carbocycles. The molecule has 6 nitrogen and oxygen atoms in total. The van der Waals surface area contributed by atoms with E-state index < -0.39 is 24.0 Å². The van der Waals surface area contributed by atoms with E-state index in [0.29, 0.717) is 0 Å². The van der Waals surface area contributed by atoms with Crippen molar-refractivity contribution in [1.82, 2.24) is 5.06 Å².